The highest BCUT2D eigenvalue weighted by Crippen LogP contribution is 2.37. The van der Waals surface area contributed by atoms with Crippen molar-refractivity contribution in [2.24, 2.45) is 0 Å². The van der Waals surface area contributed by atoms with E-state index in [0.29, 0.717) is 50.1 Å². The van der Waals surface area contributed by atoms with Gasteiger partial charge in [-0.25, -0.2) is 4.79 Å². The summed E-state index contributed by atoms with van der Waals surface area (Å²) in [6.45, 7) is 5.62. The summed E-state index contributed by atoms with van der Waals surface area (Å²) in [5.74, 6) is 0.742. The minimum Gasteiger partial charge on any atom is -0.487 e. The maximum atomic E-state index is 12.5. The molecule has 0 amide bonds. The second-order valence-electron chi connectivity index (χ2n) is 5.91. The highest BCUT2D eigenvalue weighted by Gasteiger charge is 2.24. The molecular formula is C19H29NO6. The first-order valence-electron chi connectivity index (χ1n) is 9.04. The average molecular weight is 367 g/mol. The minimum absolute atomic E-state index is 0.324. The van der Waals surface area contributed by atoms with Gasteiger partial charge in [0.15, 0.2) is 11.5 Å². The molecule has 1 saturated heterocycles. The lowest BCUT2D eigenvalue weighted by Crippen LogP contribution is -2.22. The number of ether oxygens (including phenoxy) is 5. The fourth-order valence-corrected chi connectivity index (χ4v) is 2.84. The van der Waals surface area contributed by atoms with Crippen LogP contribution in [0.4, 0.5) is 5.69 Å². The van der Waals surface area contributed by atoms with E-state index in [-0.39, 0.29) is 5.97 Å². The molecule has 1 aromatic carbocycles. The van der Waals surface area contributed by atoms with E-state index < -0.39 is 0 Å². The van der Waals surface area contributed by atoms with Gasteiger partial charge >= 0.3 is 5.97 Å². The van der Waals surface area contributed by atoms with Crippen LogP contribution in [-0.2, 0) is 14.2 Å². The van der Waals surface area contributed by atoms with Crippen molar-refractivity contribution in [1.29, 1.82) is 0 Å². The van der Waals surface area contributed by atoms with E-state index in [1.165, 1.54) is 0 Å². The predicted molar refractivity (Wildman–Crippen MR) is 98.6 cm³/mol. The molecule has 1 aliphatic heterocycles. The summed E-state index contributed by atoms with van der Waals surface area (Å²) in [6.07, 6.45) is 2.21. The summed E-state index contributed by atoms with van der Waals surface area (Å²) in [4.78, 5) is 14.7. The fourth-order valence-electron chi connectivity index (χ4n) is 2.84. The molecule has 0 atom stereocenters. The van der Waals surface area contributed by atoms with E-state index in [9.17, 15) is 4.79 Å². The molecule has 0 N–H and O–H groups in total. The molecule has 1 fully saturated rings. The molecule has 2 rings (SSSR count). The summed E-state index contributed by atoms with van der Waals surface area (Å²) in [5.41, 5.74) is 1.33. The van der Waals surface area contributed by atoms with Crippen LogP contribution >= 0.6 is 0 Å². The summed E-state index contributed by atoms with van der Waals surface area (Å²) >= 11 is 0. The highest BCUT2D eigenvalue weighted by molar-refractivity contribution is 5.97. The molecule has 1 heterocycles. The summed E-state index contributed by atoms with van der Waals surface area (Å²) < 4.78 is 26.9. The Balaban J connectivity index is 2.35. The van der Waals surface area contributed by atoms with Crippen LogP contribution in [0.5, 0.6) is 11.5 Å². The lowest BCUT2D eigenvalue weighted by atomic mass is 10.1. The maximum absolute atomic E-state index is 12.5. The lowest BCUT2D eigenvalue weighted by Gasteiger charge is -2.23. The van der Waals surface area contributed by atoms with Gasteiger partial charge in [-0.05, 0) is 19.8 Å². The molecule has 0 aromatic heterocycles. The molecule has 7 heteroatoms. The number of benzene rings is 1. The Hall–Kier alpha value is -1.99. The Morgan fingerprint density at radius 3 is 2.08 bits per heavy atom. The zero-order valence-corrected chi connectivity index (χ0v) is 15.9. The molecule has 0 radical (unpaired) electrons. The molecule has 146 valence electrons. The van der Waals surface area contributed by atoms with Gasteiger partial charge in [0.2, 0.25) is 0 Å². The van der Waals surface area contributed by atoms with Crippen LogP contribution in [0, 0.1) is 0 Å². The van der Waals surface area contributed by atoms with Gasteiger partial charge in [-0.15, -0.1) is 0 Å². The highest BCUT2D eigenvalue weighted by atomic mass is 16.6. The van der Waals surface area contributed by atoms with Gasteiger partial charge < -0.3 is 28.6 Å². The van der Waals surface area contributed by atoms with Gasteiger partial charge in [-0.3, -0.25) is 0 Å². The normalized spacial score (nSPS) is 13.7. The number of carbonyl (C=O) groups is 1. The molecule has 0 aliphatic carbocycles. The summed E-state index contributed by atoms with van der Waals surface area (Å²) in [5, 5.41) is 0. The van der Waals surface area contributed by atoms with E-state index in [1.807, 2.05) is 6.07 Å². The topological polar surface area (TPSA) is 66.5 Å². The zero-order chi connectivity index (χ0) is 18.8. The Morgan fingerprint density at radius 1 is 0.962 bits per heavy atom. The van der Waals surface area contributed by atoms with E-state index in [2.05, 4.69) is 4.90 Å². The fraction of sp³-hybridized carbons (Fsp3) is 0.632. The molecule has 7 nitrogen and oxygen atoms in total. The van der Waals surface area contributed by atoms with Gasteiger partial charge in [0, 0.05) is 39.4 Å². The number of anilines is 1. The van der Waals surface area contributed by atoms with E-state index >= 15 is 0 Å². The van der Waals surface area contributed by atoms with Gasteiger partial charge in [-0.1, -0.05) is 0 Å². The standard InChI is InChI=1S/C19H29NO6/c1-4-24-19(21)15-13-17(25-11-9-22-2)18(26-12-10-23-3)14-16(15)20-7-5-6-8-20/h13-14H,4-12H2,1-3H3. The number of esters is 1. The van der Waals surface area contributed by atoms with E-state index in [1.54, 1.807) is 27.2 Å². The molecule has 1 aromatic rings. The van der Waals surface area contributed by atoms with Crippen molar-refractivity contribution in [3.63, 3.8) is 0 Å². The van der Waals surface area contributed by atoms with Crippen LogP contribution in [-0.4, -0.2) is 66.3 Å². The maximum Gasteiger partial charge on any atom is 0.340 e. The van der Waals surface area contributed by atoms with E-state index in [4.69, 9.17) is 23.7 Å². The summed E-state index contributed by atoms with van der Waals surface area (Å²) in [6, 6.07) is 3.58. The van der Waals surface area contributed by atoms with Crippen molar-refractivity contribution in [2.45, 2.75) is 19.8 Å². The minimum atomic E-state index is -0.352. The van der Waals surface area contributed by atoms with Crippen molar-refractivity contribution in [1.82, 2.24) is 0 Å². The number of nitrogens with zero attached hydrogens (tertiary/aromatic N) is 1. The van der Waals surface area contributed by atoms with Gasteiger partial charge in [0.1, 0.15) is 13.2 Å². The zero-order valence-electron chi connectivity index (χ0n) is 15.9. The van der Waals surface area contributed by atoms with E-state index in [0.717, 1.165) is 31.6 Å². The van der Waals surface area contributed by atoms with Crippen molar-refractivity contribution < 1.29 is 28.5 Å². The Bertz CT molecular complexity index is 571. The molecular weight excluding hydrogens is 338 g/mol. The van der Waals surface area contributed by atoms with Gasteiger partial charge in [0.05, 0.1) is 31.1 Å². The Labute approximate surface area is 155 Å². The van der Waals surface area contributed by atoms with Crippen molar-refractivity contribution >= 4 is 11.7 Å². The summed E-state index contributed by atoms with van der Waals surface area (Å²) in [7, 11) is 3.23. The second kappa shape index (κ2) is 10.9. The first kappa shape index (κ1) is 20.3. The predicted octanol–water partition coefficient (Wildman–Crippen LogP) is 2.51. The molecule has 1 aliphatic rings. The Morgan fingerprint density at radius 2 is 1.54 bits per heavy atom. The van der Waals surface area contributed by atoms with Crippen LogP contribution in [0.1, 0.15) is 30.1 Å². The third kappa shape index (κ3) is 5.51. The quantitative estimate of drug-likeness (QED) is 0.440. The smallest absolute Gasteiger partial charge is 0.340 e. The van der Waals surface area contributed by atoms with Crippen LogP contribution < -0.4 is 14.4 Å². The Kier molecular flexibility index (Phi) is 8.50. The van der Waals surface area contributed by atoms with Crippen molar-refractivity contribution in [2.75, 3.05) is 65.2 Å². The molecule has 0 unspecified atom stereocenters. The van der Waals surface area contributed by atoms with Gasteiger partial charge in [0.25, 0.3) is 0 Å². The molecule has 0 spiro atoms. The molecule has 0 saturated carbocycles. The van der Waals surface area contributed by atoms with Crippen LogP contribution in [0.15, 0.2) is 12.1 Å². The SMILES string of the molecule is CCOC(=O)c1cc(OCCOC)c(OCCOC)cc1N1CCCC1. The van der Waals surface area contributed by atoms with Crippen LogP contribution in [0.25, 0.3) is 0 Å². The number of hydrogen-bond donors (Lipinski definition) is 0. The molecule has 26 heavy (non-hydrogen) atoms. The monoisotopic (exact) mass is 367 g/mol. The van der Waals surface area contributed by atoms with Gasteiger partial charge in [-0.2, -0.15) is 0 Å². The lowest BCUT2D eigenvalue weighted by molar-refractivity contribution is 0.0526. The molecule has 0 bridgehead atoms. The third-order valence-corrected chi connectivity index (χ3v) is 4.09. The number of methoxy groups -OCH3 is 2. The first-order valence-corrected chi connectivity index (χ1v) is 9.04. The number of carbonyl (C=O) groups excluding carboxylic acids is 1. The third-order valence-electron chi connectivity index (χ3n) is 4.09. The van der Waals surface area contributed by atoms with Crippen molar-refractivity contribution in [3.05, 3.63) is 17.7 Å². The largest absolute Gasteiger partial charge is 0.487 e. The van der Waals surface area contributed by atoms with Crippen molar-refractivity contribution in [3.8, 4) is 11.5 Å². The van der Waals surface area contributed by atoms with Crippen LogP contribution in [0.2, 0.25) is 0 Å². The van der Waals surface area contributed by atoms with Crippen LogP contribution in [0.3, 0.4) is 0 Å². The first-order chi connectivity index (χ1) is 12.7. The number of rotatable bonds is 11. The average Bonchev–Trinajstić information content (AvgIpc) is 3.17. The second-order valence-corrected chi connectivity index (χ2v) is 5.91. The number of hydrogen-bond acceptors (Lipinski definition) is 7.